The van der Waals surface area contributed by atoms with Crippen LogP contribution in [0.1, 0.15) is 11.3 Å². The van der Waals surface area contributed by atoms with Crippen LogP contribution in [0.2, 0.25) is 5.28 Å². The summed E-state index contributed by atoms with van der Waals surface area (Å²) in [4.78, 5) is 14.5. The molecular weight excluding hydrogens is 292 g/mol. The summed E-state index contributed by atoms with van der Waals surface area (Å²) in [5.74, 6) is 1.72. The maximum absolute atomic E-state index is 5.98. The van der Waals surface area contributed by atoms with Crippen molar-refractivity contribution < 1.29 is 4.42 Å². The molecule has 21 heavy (non-hydrogen) atoms. The van der Waals surface area contributed by atoms with Gasteiger partial charge in [0.1, 0.15) is 5.76 Å². The standard InChI is InChI=1S/C13H13ClN6O/c1-9-10(4-7-21-9)8-19(2)12-16-11(14)17-13(18-12)20-6-3-5-15-20/h3-7H,8H2,1-2H3. The molecule has 0 fully saturated rings. The van der Waals surface area contributed by atoms with Crippen molar-refractivity contribution in [3.05, 3.63) is 47.4 Å². The lowest BCUT2D eigenvalue weighted by atomic mass is 10.2. The summed E-state index contributed by atoms with van der Waals surface area (Å²) in [6, 6.07) is 3.71. The van der Waals surface area contributed by atoms with Crippen molar-refractivity contribution in [2.24, 2.45) is 0 Å². The van der Waals surface area contributed by atoms with Crippen molar-refractivity contribution in [1.29, 1.82) is 0 Å². The molecule has 3 aromatic heterocycles. The molecule has 0 radical (unpaired) electrons. The van der Waals surface area contributed by atoms with Crippen LogP contribution in [-0.4, -0.2) is 31.8 Å². The topological polar surface area (TPSA) is 72.9 Å². The van der Waals surface area contributed by atoms with Crippen LogP contribution in [0.4, 0.5) is 5.95 Å². The van der Waals surface area contributed by atoms with E-state index in [-0.39, 0.29) is 5.28 Å². The van der Waals surface area contributed by atoms with E-state index in [1.165, 1.54) is 4.68 Å². The van der Waals surface area contributed by atoms with E-state index in [1.54, 1.807) is 24.7 Å². The zero-order valence-corrected chi connectivity index (χ0v) is 12.3. The second-order valence-electron chi connectivity index (χ2n) is 4.51. The van der Waals surface area contributed by atoms with E-state index in [2.05, 4.69) is 20.1 Å². The molecule has 0 saturated carbocycles. The zero-order chi connectivity index (χ0) is 14.8. The highest BCUT2D eigenvalue weighted by atomic mass is 35.5. The minimum absolute atomic E-state index is 0.126. The molecule has 108 valence electrons. The Morgan fingerprint density at radius 2 is 2.19 bits per heavy atom. The first kappa shape index (κ1) is 13.6. The lowest BCUT2D eigenvalue weighted by molar-refractivity contribution is 0.529. The molecule has 0 amide bonds. The monoisotopic (exact) mass is 304 g/mol. The van der Waals surface area contributed by atoms with Crippen molar-refractivity contribution >= 4 is 17.5 Å². The number of aryl methyl sites for hydroxylation is 1. The Labute approximate surface area is 126 Å². The third kappa shape index (κ3) is 2.87. The van der Waals surface area contributed by atoms with Crippen LogP contribution in [0.15, 0.2) is 35.2 Å². The molecule has 0 N–H and O–H groups in total. The first-order valence-electron chi connectivity index (χ1n) is 6.29. The Hall–Kier alpha value is -2.41. The lowest BCUT2D eigenvalue weighted by Gasteiger charge is -2.17. The average Bonchev–Trinajstić information content (AvgIpc) is 3.11. The molecule has 0 bridgehead atoms. The minimum Gasteiger partial charge on any atom is -0.469 e. The number of anilines is 1. The van der Waals surface area contributed by atoms with E-state index in [1.807, 2.05) is 24.9 Å². The molecule has 0 spiro atoms. The Morgan fingerprint density at radius 1 is 1.33 bits per heavy atom. The lowest BCUT2D eigenvalue weighted by Crippen LogP contribution is -2.20. The SMILES string of the molecule is Cc1occc1CN(C)c1nc(Cl)nc(-n2cccn2)n1. The number of aromatic nitrogens is 5. The van der Waals surface area contributed by atoms with Gasteiger partial charge in [-0.3, -0.25) is 0 Å². The Kier molecular flexibility index (Phi) is 3.57. The quantitative estimate of drug-likeness (QED) is 0.736. The molecule has 0 atom stereocenters. The summed E-state index contributed by atoms with van der Waals surface area (Å²) < 4.78 is 6.82. The summed E-state index contributed by atoms with van der Waals surface area (Å²) in [6.07, 6.45) is 5.06. The molecule has 0 aliphatic heterocycles. The van der Waals surface area contributed by atoms with Crippen LogP contribution in [0.25, 0.3) is 5.95 Å². The summed E-state index contributed by atoms with van der Waals surface area (Å²) >= 11 is 5.98. The number of nitrogens with zero attached hydrogens (tertiary/aromatic N) is 6. The molecule has 0 saturated heterocycles. The van der Waals surface area contributed by atoms with Crippen molar-refractivity contribution in [2.45, 2.75) is 13.5 Å². The van der Waals surface area contributed by atoms with Crippen LogP contribution >= 0.6 is 11.6 Å². The molecule has 3 aromatic rings. The fraction of sp³-hybridized carbons (Fsp3) is 0.231. The molecule has 8 heteroatoms. The maximum atomic E-state index is 5.98. The van der Waals surface area contributed by atoms with Crippen LogP contribution in [-0.2, 0) is 6.54 Å². The van der Waals surface area contributed by atoms with Gasteiger partial charge in [-0.1, -0.05) is 0 Å². The first-order valence-corrected chi connectivity index (χ1v) is 6.67. The molecule has 0 aromatic carbocycles. The second kappa shape index (κ2) is 5.53. The van der Waals surface area contributed by atoms with Crippen LogP contribution in [0.3, 0.4) is 0 Å². The van der Waals surface area contributed by atoms with Gasteiger partial charge in [-0.15, -0.1) is 0 Å². The van der Waals surface area contributed by atoms with Crippen LogP contribution in [0, 0.1) is 6.92 Å². The summed E-state index contributed by atoms with van der Waals surface area (Å²) in [5, 5.41) is 4.22. The number of furan rings is 1. The van der Waals surface area contributed by atoms with Crippen molar-refractivity contribution in [2.75, 3.05) is 11.9 Å². The Bertz CT molecular complexity index is 739. The van der Waals surface area contributed by atoms with Crippen LogP contribution in [0.5, 0.6) is 0 Å². The maximum Gasteiger partial charge on any atom is 0.256 e. The Balaban J connectivity index is 1.89. The average molecular weight is 305 g/mol. The van der Waals surface area contributed by atoms with Gasteiger partial charge >= 0.3 is 0 Å². The van der Waals surface area contributed by atoms with E-state index in [0.717, 1.165) is 11.3 Å². The second-order valence-corrected chi connectivity index (χ2v) is 4.85. The smallest absolute Gasteiger partial charge is 0.256 e. The molecule has 3 heterocycles. The third-order valence-electron chi connectivity index (χ3n) is 3.01. The third-order valence-corrected chi connectivity index (χ3v) is 3.18. The number of hydrogen-bond acceptors (Lipinski definition) is 6. The molecule has 7 nitrogen and oxygen atoms in total. The fourth-order valence-corrected chi connectivity index (χ4v) is 2.04. The molecule has 0 aliphatic carbocycles. The highest BCUT2D eigenvalue weighted by Gasteiger charge is 2.13. The van der Waals surface area contributed by atoms with Gasteiger partial charge in [0.05, 0.1) is 6.26 Å². The van der Waals surface area contributed by atoms with E-state index >= 15 is 0 Å². The minimum atomic E-state index is 0.126. The van der Waals surface area contributed by atoms with E-state index < -0.39 is 0 Å². The summed E-state index contributed by atoms with van der Waals surface area (Å²) in [6.45, 7) is 2.53. The van der Waals surface area contributed by atoms with Gasteiger partial charge < -0.3 is 9.32 Å². The van der Waals surface area contributed by atoms with Gasteiger partial charge in [-0.2, -0.15) is 20.1 Å². The van der Waals surface area contributed by atoms with Gasteiger partial charge in [0.25, 0.3) is 5.95 Å². The number of halogens is 1. The van der Waals surface area contributed by atoms with Gasteiger partial charge in [-0.25, -0.2) is 4.68 Å². The van der Waals surface area contributed by atoms with Gasteiger partial charge in [0, 0.05) is 31.5 Å². The van der Waals surface area contributed by atoms with Gasteiger partial charge in [0.15, 0.2) is 0 Å². The predicted octanol–water partition coefficient (Wildman–Crippen LogP) is 2.25. The van der Waals surface area contributed by atoms with E-state index in [4.69, 9.17) is 16.0 Å². The van der Waals surface area contributed by atoms with Crippen molar-refractivity contribution in [3.63, 3.8) is 0 Å². The fourth-order valence-electron chi connectivity index (χ4n) is 1.89. The van der Waals surface area contributed by atoms with E-state index in [0.29, 0.717) is 18.4 Å². The predicted molar refractivity (Wildman–Crippen MR) is 77.5 cm³/mol. The molecule has 0 unspecified atom stereocenters. The van der Waals surface area contributed by atoms with Crippen LogP contribution < -0.4 is 4.90 Å². The zero-order valence-electron chi connectivity index (χ0n) is 11.6. The first-order chi connectivity index (χ1) is 10.1. The highest BCUT2D eigenvalue weighted by molar-refractivity contribution is 6.28. The van der Waals surface area contributed by atoms with E-state index in [9.17, 15) is 0 Å². The Morgan fingerprint density at radius 3 is 2.86 bits per heavy atom. The van der Waals surface area contributed by atoms with Crippen molar-refractivity contribution in [1.82, 2.24) is 24.7 Å². The largest absolute Gasteiger partial charge is 0.469 e. The number of hydrogen-bond donors (Lipinski definition) is 0. The summed E-state index contributed by atoms with van der Waals surface area (Å²) in [7, 11) is 1.88. The molecule has 3 rings (SSSR count). The summed E-state index contributed by atoms with van der Waals surface area (Å²) in [5.41, 5.74) is 1.06. The van der Waals surface area contributed by atoms with Crippen molar-refractivity contribution in [3.8, 4) is 5.95 Å². The molecule has 0 aliphatic rings. The normalized spacial score (nSPS) is 10.8. The van der Waals surface area contributed by atoms with Gasteiger partial charge in [-0.05, 0) is 30.7 Å². The van der Waals surface area contributed by atoms with Gasteiger partial charge in [0.2, 0.25) is 11.2 Å². The molecular formula is C13H13ClN6O. The highest BCUT2D eigenvalue weighted by Crippen LogP contribution is 2.16. The number of rotatable bonds is 4.